The van der Waals surface area contributed by atoms with Gasteiger partial charge >= 0.3 is 5.97 Å². The van der Waals surface area contributed by atoms with Crippen LogP contribution in [0.1, 0.15) is 38.9 Å². The lowest BCUT2D eigenvalue weighted by atomic mass is 10.2. The van der Waals surface area contributed by atoms with Gasteiger partial charge in [-0.1, -0.05) is 13.8 Å². The molecule has 0 aliphatic carbocycles. The highest BCUT2D eigenvalue weighted by Gasteiger charge is 2.23. The predicted octanol–water partition coefficient (Wildman–Crippen LogP) is 1.13. The summed E-state index contributed by atoms with van der Waals surface area (Å²) in [7, 11) is -3.78. The van der Waals surface area contributed by atoms with Crippen LogP contribution >= 0.6 is 0 Å². The number of carboxylic acids is 1. The Morgan fingerprint density at radius 3 is 2.65 bits per heavy atom. The first-order chi connectivity index (χ1) is 9.30. The van der Waals surface area contributed by atoms with E-state index in [1.807, 2.05) is 6.92 Å². The molecule has 1 unspecified atom stereocenters. The summed E-state index contributed by atoms with van der Waals surface area (Å²) < 4.78 is 28.5. The second-order valence-electron chi connectivity index (χ2n) is 4.64. The van der Waals surface area contributed by atoms with E-state index in [0.29, 0.717) is 18.8 Å². The second kappa shape index (κ2) is 6.85. The summed E-state index contributed by atoms with van der Waals surface area (Å²) in [5.41, 5.74) is 0. The first-order valence-electron chi connectivity index (χ1n) is 6.58. The van der Waals surface area contributed by atoms with Crippen LogP contribution in [0, 0.1) is 6.92 Å². The van der Waals surface area contributed by atoms with Gasteiger partial charge in [0.05, 0.1) is 6.42 Å². The van der Waals surface area contributed by atoms with Crippen molar-refractivity contribution < 1.29 is 18.3 Å². The molecule has 114 valence electrons. The number of rotatable bonds is 8. The number of aromatic nitrogens is 2. The number of sulfonamides is 1. The Bertz CT molecular complexity index is 565. The van der Waals surface area contributed by atoms with Crippen molar-refractivity contribution in [3.8, 4) is 0 Å². The van der Waals surface area contributed by atoms with Crippen molar-refractivity contribution in [3.63, 3.8) is 0 Å². The number of hydrogen-bond acceptors (Lipinski definition) is 4. The van der Waals surface area contributed by atoms with Gasteiger partial charge in [0.1, 0.15) is 5.82 Å². The summed E-state index contributed by atoms with van der Waals surface area (Å²) in [6.07, 6.45) is 2.51. The molecule has 1 aromatic heterocycles. The van der Waals surface area contributed by atoms with Gasteiger partial charge in [-0.05, 0) is 19.8 Å². The van der Waals surface area contributed by atoms with Crippen molar-refractivity contribution in [2.75, 3.05) is 0 Å². The van der Waals surface area contributed by atoms with E-state index in [2.05, 4.69) is 9.71 Å². The molecule has 0 aliphatic rings. The minimum absolute atomic E-state index is 0.0627. The van der Waals surface area contributed by atoms with E-state index in [1.165, 1.54) is 6.20 Å². The first-order valence-corrected chi connectivity index (χ1v) is 8.06. The third-order valence-corrected chi connectivity index (χ3v) is 4.32. The normalized spacial score (nSPS) is 13.3. The summed E-state index contributed by atoms with van der Waals surface area (Å²) in [6, 6.07) is -0.630. The van der Waals surface area contributed by atoms with Crippen molar-refractivity contribution in [2.24, 2.45) is 0 Å². The third kappa shape index (κ3) is 4.31. The molecular weight excluding hydrogens is 282 g/mol. The lowest BCUT2D eigenvalue weighted by Crippen LogP contribution is -2.36. The van der Waals surface area contributed by atoms with Gasteiger partial charge in [-0.25, -0.2) is 18.1 Å². The minimum Gasteiger partial charge on any atom is -0.481 e. The molecule has 0 spiro atoms. The van der Waals surface area contributed by atoms with Crippen LogP contribution in [-0.4, -0.2) is 35.1 Å². The number of carbonyl (C=O) groups is 1. The topological polar surface area (TPSA) is 101 Å². The molecule has 1 rings (SSSR count). The fourth-order valence-electron chi connectivity index (χ4n) is 1.84. The van der Waals surface area contributed by atoms with E-state index in [1.54, 1.807) is 18.4 Å². The number of nitrogens with one attached hydrogen (secondary N) is 1. The molecule has 7 nitrogen and oxygen atoms in total. The predicted molar refractivity (Wildman–Crippen MR) is 73.9 cm³/mol. The average Bonchev–Trinajstić information content (AvgIpc) is 2.70. The largest absolute Gasteiger partial charge is 0.481 e. The zero-order valence-corrected chi connectivity index (χ0v) is 12.8. The van der Waals surface area contributed by atoms with Gasteiger partial charge < -0.3 is 9.67 Å². The molecule has 0 bridgehead atoms. The van der Waals surface area contributed by atoms with Gasteiger partial charge in [-0.2, -0.15) is 0 Å². The highest BCUT2D eigenvalue weighted by atomic mass is 32.2. The number of aryl methyl sites for hydroxylation is 2. The zero-order chi connectivity index (χ0) is 15.3. The smallest absolute Gasteiger partial charge is 0.304 e. The molecule has 0 saturated heterocycles. The van der Waals surface area contributed by atoms with E-state index in [-0.39, 0.29) is 11.4 Å². The molecule has 1 atom stereocenters. The van der Waals surface area contributed by atoms with Crippen LogP contribution in [0.3, 0.4) is 0 Å². The molecule has 0 saturated carbocycles. The molecular formula is C12H21N3O4S. The highest BCUT2D eigenvalue weighted by molar-refractivity contribution is 7.89. The zero-order valence-electron chi connectivity index (χ0n) is 12.0. The van der Waals surface area contributed by atoms with Crippen LogP contribution in [0.15, 0.2) is 11.2 Å². The summed E-state index contributed by atoms with van der Waals surface area (Å²) in [5.74, 6) is -0.411. The summed E-state index contributed by atoms with van der Waals surface area (Å²) >= 11 is 0. The van der Waals surface area contributed by atoms with Crippen molar-refractivity contribution >= 4 is 16.0 Å². The molecule has 0 radical (unpaired) electrons. The minimum atomic E-state index is -3.78. The molecule has 1 aromatic rings. The monoisotopic (exact) mass is 303 g/mol. The van der Waals surface area contributed by atoms with Crippen LogP contribution in [0.5, 0.6) is 0 Å². The Morgan fingerprint density at radius 2 is 2.15 bits per heavy atom. The molecule has 2 N–H and O–H groups in total. The number of nitrogens with zero attached hydrogens (tertiary/aromatic N) is 2. The van der Waals surface area contributed by atoms with Crippen LogP contribution in [-0.2, 0) is 21.4 Å². The Labute approximate surface area is 119 Å². The van der Waals surface area contributed by atoms with Crippen LogP contribution in [0.4, 0.5) is 0 Å². The molecule has 1 heterocycles. The SMILES string of the molecule is CCCn1cc(S(=O)(=O)NC(CC)CC(=O)O)nc1C. The number of carboxylic acid groups (broad SMARTS) is 1. The van der Waals surface area contributed by atoms with Crippen molar-refractivity contribution in [1.29, 1.82) is 0 Å². The standard InChI is InChI=1S/C12H21N3O4S/c1-4-6-15-8-11(13-9(15)3)20(18,19)14-10(5-2)7-12(16)17/h8,10,14H,4-7H2,1-3H3,(H,16,17). The summed E-state index contributed by atoms with van der Waals surface area (Å²) in [6.45, 7) is 6.16. The summed E-state index contributed by atoms with van der Waals surface area (Å²) in [4.78, 5) is 14.7. The number of aliphatic carboxylic acids is 1. The molecule has 0 fully saturated rings. The van der Waals surface area contributed by atoms with E-state index in [0.717, 1.165) is 6.42 Å². The average molecular weight is 303 g/mol. The number of hydrogen-bond donors (Lipinski definition) is 2. The van der Waals surface area contributed by atoms with Crippen molar-refractivity contribution in [3.05, 3.63) is 12.0 Å². The molecule has 0 aliphatic heterocycles. The van der Waals surface area contributed by atoms with E-state index in [4.69, 9.17) is 5.11 Å². The second-order valence-corrected chi connectivity index (χ2v) is 6.30. The van der Waals surface area contributed by atoms with E-state index < -0.39 is 22.0 Å². The Morgan fingerprint density at radius 1 is 1.50 bits per heavy atom. The lowest BCUT2D eigenvalue weighted by Gasteiger charge is -2.13. The Hall–Kier alpha value is -1.41. The summed E-state index contributed by atoms with van der Waals surface area (Å²) in [5, 5.41) is 8.68. The molecule has 8 heteroatoms. The quantitative estimate of drug-likeness (QED) is 0.749. The lowest BCUT2D eigenvalue weighted by molar-refractivity contribution is -0.137. The van der Waals surface area contributed by atoms with Gasteiger partial charge in [-0.3, -0.25) is 4.79 Å². The molecule has 0 aromatic carbocycles. The van der Waals surface area contributed by atoms with Crippen molar-refractivity contribution in [2.45, 2.75) is 57.6 Å². The van der Waals surface area contributed by atoms with Gasteiger partial charge in [0.2, 0.25) is 0 Å². The van der Waals surface area contributed by atoms with Crippen LogP contribution in [0.25, 0.3) is 0 Å². The van der Waals surface area contributed by atoms with Crippen LogP contribution < -0.4 is 4.72 Å². The fraction of sp³-hybridized carbons (Fsp3) is 0.667. The molecule has 0 amide bonds. The van der Waals surface area contributed by atoms with Gasteiger partial charge in [0, 0.05) is 18.8 Å². The van der Waals surface area contributed by atoms with E-state index >= 15 is 0 Å². The Kier molecular flexibility index (Phi) is 5.70. The Balaban J connectivity index is 2.92. The number of imidazole rings is 1. The van der Waals surface area contributed by atoms with Gasteiger partial charge in [-0.15, -0.1) is 0 Å². The first kappa shape index (κ1) is 16.6. The molecule has 20 heavy (non-hydrogen) atoms. The third-order valence-electron chi connectivity index (χ3n) is 2.93. The van der Waals surface area contributed by atoms with Gasteiger partial charge in [0.15, 0.2) is 5.03 Å². The van der Waals surface area contributed by atoms with Gasteiger partial charge in [0.25, 0.3) is 10.0 Å². The van der Waals surface area contributed by atoms with Crippen molar-refractivity contribution in [1.82, 2.24) is 14.3 Å². The maximum atomic E-state index is 12.2. The maximum Gasteiger partial charge on any atom is 0.304 e. The van der Waals surface area contributed by atoms with E-state index in [9.17, 15) is 13.2 Å². The highest BCUT2D eigenvalue weighted by Crippen LogP contribution is 2.12. The fourth-order valence-corrected chi connectivity index (χ4v) is 3.16. The maximum absolute atomic E-state index is 12.2. The van der Waals surface area contributed by atoms with Crippen LogP contribution in [0.2, 0.25) is 0 Å².